The molecule has 1 aromatic carbocycles. The first-order chi connectivity index (χ1) is 11.7. The number of hydrogen-bond acceptors (Lipinski definition) is 3. The fraction of sp³-hybridized carbons (Fsp3) is 0.474. The minimum absolute atomic E-state index is 0.0154. The molecule has 0 radical (unpaired) electrons. The summed E-state index contributed by atoms with van der Waals surface area (Å²) in [6.45, 7) is 7.79. The third kappa shape index (κ3) is 3.78. The standard InChI is InChI=1S/C19H26N4O/c1-3-4-10-20-19(24)17-8-6-16(7-9-17)14-22-11-5-12-23-18(22)13-15(2)21-23/h6-9,13H,3-5,10-12,14H2,1-2H3,(H,20,24). The van der Waals surface area contributed by atoms with Crippen molar-refractivity contribution in [3.05, 3.63) is 47.2 Å². The summed E-state index contributed by atoms with van der Waals surface area (Å²) in [4.78, 5) is 14.4. The second-order valence-corrected chi connectivity index (χ2v) is 6.45. The van der Waals surface area contributed by atoms with E-state index >= 15 is 0 Å². The molecular weight excluding hydrogens is 300 g/mol. The number of carbonyl (C=O) groups excluding carboxylic acids is 1. The van der Waals surface area contributed by atoms with E-state index in [9.17, 15) is 4.79 Å². The van der Waals surface area contributed by atoms with Gasteiger partial charge in [-0.25, -0.2) is 4.68 Å². The highest BCUT2D eigenvalue weighted by molar-refractivity contribution is 5.94. The van der Waals surface area contributed by atoms with Crippen LogP contribution in [0.5, 0.6) is 0 Å². The lowest BCUT2D eigenvalue weighted by Crippen LogP contribution is -2.31. The molecule has 0 unspecified atom stereocenters. The Kier molecular flexibility index (Phi) is 5.18. The fourth-order valence-corrected chi connectivity index (χ4v) is 3.10. The Bertz CT molecular complexity index is 690. The van der Waals surface area contributed by atoms with Crippen LogP contribution in [0.2, 0.25) is 0 Å². The summed E-state index contributed by atoms with van der Waals surface area (Å²) < 4.78 is 2.09. The van der Waals surface area contributed by atoms with Gasteiger partial charge in [-0.1, -0.05) is 25.5 Å². The lowest BCUT2D eigenvalue weighted by atomic mass is 10.1. The maximum atomic E-state index is 12.1. The zero-order valence-electron chi connectivity index (χ0n) is 14.6. The van der Waals surface area contributed by atoms with Crippen molar-refractivity contribution >= 4 is 11.7 Å². The molecule has 0 saturated heterocycles. The summed E-state index contributed by atoms with van der Waals surface area (Å²) in [6.07, 6.45) is 3.23. The maximum absolute atomic E-state index is 12.1. The van der Waals surface area contributed by atoms with Crippen LogP contribution in [0.3, 0.4) is 0 Å². The first-order valence-electron chi connectivity index (χ1n) is 8.84. The van der Waals surface area contributed by atoms with Crippen LogP contribution in [-0.4, -0.2) is 28.8 Å². The van der Waals surface area contributed by atoms with Gasteiger partial charge >= 0.3 is 0 Å². The fourth-order valence-electron chi connectivity index (χ4n) is 3.10. The third-order valence-electron chi connectivity index (χ3n) is 4.41. The van der Waals surface area contributed by atoms with Gasteiger partial charge in [-0.3, -0.25) is 4.79 Å². The summed E-state index contributed by atoms with van der Waals surface area (Å²) >= 11 is 0. The van der Waals surface area contributed by atoms with Crippen LogP contribution in [-0.2, 0) is 13.1 Å². The molecule has 0 bridgehead atoms. The summed E-state index contributed by atoms with van der Waals surface area (Å²) in [5, 5.41) is 7.49. The quantitative estimate of drug-likeness (QED) is 0.830. The van der Waals surface area contributed by atoms with Gasteiger partial charge in [-0.05, 0) is 37.5 Å². The molecule has 3 rings (SSSR count). The molecule has 1 amide bonds. The van der Waals surface area contributed by atoms with Crippen LogP contribution in [0.1, 0.15) is 47.8 Å². The first kappa shape index (κ1) is 16.6. The molecule has 1 N–H and O–H groups in total. The highest BCUT2D eigenvalue weighted by Crippen LogP contribution is 2.23. The van der Waals surface area contributed by atoms with Gasteiger partial charge in [0, 0.05) is 37.8 Å². The molecule has 0 atom stereocenters. The molecule has 1 aromatic heterocycles. The van der Waals surface area contributed by atoms with Gasteiger partial charge in [0.15, 0.2) is 0 Å². The number of nitrogens with zero attached hydrogens (tertiary/aromatic N) is 3. The van der Waals surface area contributed by atoms with Gasteiger partial charge in [-0.15, -0.1) is 0 Å². The van der Waals surface area contributed by atoms with E-state index in [4.69, 9.17) is 0 Å². The van der Waals surface area contributed by atoms with Crippen molar-refractivity contribution in [2.45, 2.75) is 46.2 Å². The van der Waals surface area contributed by atoms with Crippen LogP contribution >= 0.6 is 0 Å². The van der Waals surface area contributed by atoms with Gasteiger partial charge in [0.1, 0.15) is 5.82 Å². The van der Waals surface area contributed by atoms with Gasteiger partial charge in [0.2, 0.25) is 0 Å². The van der Waals surface area contributed by atoms with Crippen molar-refractivity contribution in [2.75, 3.05) is 18.0 Å². The van der Waals surface area contributed by atoms with Gasteiger partial charge in [0.05, 0.1) is 5.69 Å². The Balaban J connectivity index is 1.64. The number of fused-ring (bicyclic) bond motifs is 1. The largest absolute Gasteiger partial charge is 0.352 e. The van der Waals surface area contributed by atoms with Gasteiger partial charge in [-0.2, -0.15) is 5.10 Å². The Morgan fingerprint density at radius 3 is 2.79 bits per heavy atom. The molecule has 5 nitrogen and oxygen atoms in total. The number of unbranched alkanes of at least 4 members (excludes halogenated alkanes) is 1. The highest BCUT2D eigenvalue weighted by atomic mass is 16.1. The molecule has 1 aliphatic rings. The maximum Gasteiger partial charge on any atom is 0.251 e. The molecule has 0 aliphatic carbocycles. The number of amides is 1. The predicted octanol–water partition coefficient (Wildman–Crippen LogP) is 3.13. The molecule has 0 fully saturated rings. The molecule has 0 spiro atoms. The summed E-state index contributed by atoms with van der Waals surface area (Å²) in [7, 11) is 0. The molecule has 24 heavy (non-hydrogen) atoms. The lowest BCUT2D eigenvalue weighted by molar-refractivity contribution is 0.0953. The number of hydrogen-bond donors (Lipinski definition) is 1. The van der Waals surface area contributed by atoms with Crippen LogP contribution in [0.15, 0.2) is 30.3 Å². The number of anilines is 1. The van der Waals surface area contributed by atoms with Crippen LogP contribution < -0.4 is 10.2 Å². The third-order valence-corrected chi connectivity index (χ3v) is 4.41. The van der Waals surface area contributed by atoms with Gasteiger partial charge < -0.3 is 10.2 Å². The summed E-state index contributed by atoms with van der Waals surface area (Å²) in [5.74, 6) is 1.21. The smallest absolute Gasteiger partial charge is 0.251 e. The Morgan fingerprint density at radius 1 is 1.25 bits per heavy atom. The molecule has 1 aliphatic heterocycles. The second kappa shape index (κ2) is 7.51. The van der Waals surface area contributed by atoms with E-state index in [0.29, 0.717) is 0 Å². The lowest BCUT2D eigenvalue weighted by Gasteiger charge is -2.29. The Morgan fingerprint density at radius 2 is 2.04 bits per heavy atom. The predicted molar refractivity (Wildman–Crippen MR) is 96.3 cm³/mol. The molecule has 2 aromatic rings. The van der Waals surface area contributed by atoms with E-state index in [1.165, 1.54) is 11.4 Å². The van der Waals surface area contributed by atoms with Crippen molar-refractivity contribution in [3.63, 3.8) is 0 Å². The zero-order chi connectivity index (χ0) is 16.9. The Labute approximate surface area is 143 Å². The van der Waals surface area contributed by atoms with Crippen LogP contribution in [0, 0.1) is 6.92 Å². The molecular formula is C19H26N4O. The van der Waals surface area contributed by atoms with Gasteiger partial charge in [0.25, 0.3) is 5.91 Å². The van der Waals surface area contributed by atoms with Crippen molar-refractivity contribution in [3.8, 4) is 0 Å². The zero-order valence-corrected chi connectivity index (χ0v) is 14.6. The highest BCUT2D eigenvalue weighted by Gasteiger charge is 2.18. The van der Waals surface area contributed by atoms with E-state index in [1.807, 2.05) is 19.1 Å². The molecule has 2 heterocycles. The van der Waals surface area contributed by atoms with E-state index < -0.39 is 0 Å². The number of aromatic nitrogens is 2. The topological polar surface area (TPSA) is 50.2 Å². The SMILES string of the molecule is CCCCNC(=O)c1ccc(CN2CCCn3nc(C)cc32)cc1. The summed E-state index contributed by atoms with van der Waals surface area (Å²) in [5.41, 5.74) is 3.01. The number of nitrogens with one attached hydrogen (secondary N) is 1. The minimum atomic E-state index is 0.0154. The van der Waals surface area contributed by atoms with Crippen molar-refractivity contribution < 1.29 is 4.79 Å². The Hall–Kier alpha value is -2.30. The molecule has 0 saturated carbocycles. The first-order valence-corrected chi connectivity index (χ1v) is 8.84. The average molecular weight is 326 g/mol. The number of rotatable bonds is 6. The number of aryl methyl sites for hydroxylation is 2. The van der Waals surface area contributed by atoms with E-state index in [0.717, 1.165) is 56.7 Å². The number of carbonyl (C=O) groups is 1. The number of benzene rings is 1. The normalized spacial score (nSPS) is 13.7. The minimum Gasteiger partial charge on any atom is -0.352 e. The monoisotopic (exact) mass is 326 g/mol. The van der Waals surface area contributed by atoms with E-state index in [-0.39, 0.29) is 5.91 Å². The van der Waals surface area contributed by atoms with Crippen LogP contribution in [0.25, 0.3) is 0 Å². The summed E-state index contributed by atoms with van der Waals surface area (Å²) in [6, 6.07) is 10.1. The van der Waals surface area contributed by atoms with Crippen LogP contribution in [0.4, 0.5) is 5.82 Å². The molecule has 128 valence electrons. The molecule has 5 heteroatoms. The van der Waals surface area contributed by atoms with Crippen molar-refractivity contribution in [1.29, 1.82) is 0 Å². The average Bonchev–Trinajstić information content (AvgIpc) is 2.97. The van der Waals surface area contributed by atoms with E-state index in [2.05, 4.69) is 45.1 Å². The second-order valence-electron chi connectivity index (χ2n) is 6.45. The van der Waals surface area contributed by atoms with Crippen molar-refractivity contribution in [2.24, 2.45) is 0 Å². The van der Waals surface area contributed by atoms with E-state index in [1.54, 1.807) is 0 Å². The van der Waals surface area contributed by atoms with Crippen molar-refractivity contribution in [1.82, 2.24) is 15.1 Å².